The normalized spacial score (nSPS) is 27.4. The molecule has 0 unspecified atom stereocenters. The van der Waals surface area contributed by atoms with E-state index in [1.807, 2.05) is 16.8 Å². The minimum Gasteiger partial charge on any atom is -0.381 e. The van der Waals surface area contributed by atoms with Crippen LogP contribution in [-0.2, 0) is 20.7 Å². The molecule has 0 aromatic carbocycles. The molecule has 1 N–H and O–H groups in total. The molecule has 0 saturated carbocycles. The van der Waals surface area contributed by atoms with Gasteiger partial charge in [0.15, 0.2) is 0 Å². The van der Waals surface area contributed by atoms with E-state index in [9.17, 15) is 4.79 Å². The van der Waals surface area contributed by atoms with Crippen LogP contribution in [0.1, 0.15) is 24.8 Å². The number of ether oxygens (including phenoxy) is 2. The van der Waals surface area contributed by atoms with Crippen LogP contribution in [0.4, 0.5) is 0 Å². The van der Waals surface area contributed by atoms with Gasteiger partial charge in [-0.25, -0.2) is 0 Å². The van der Waals surface area contributed by atoms with E-state index in [0.717, 1.165) is 51.3 Å². The number of hydrogen-bond donors (Lipinski definition) is 1. The van der Waals surface area contributed by atoms with Gasteiger partial charge in [0, 0.05) is 31.8 Å². The van der Waals surface area contributed by atoms with Crippen molar-refractivity contribution in [2.75, 3.05) is 26.4 Å². The Labute approximate surface area is 129 Å². The topological polar surface area (TPSA) is 47.6 Å². The molecule has 2 aliphatic rings. The van der Waals surface area contributed by atoms with Crippen LogP contribution in [0.15, 0.2) is 16.8 Å². The molecule has 1 aromatic rings. The van der Waals surface area contributed by atoms with Gasteiger partial charge < -0.3 is 14.8 Å². The van der Waals surface area contributed by atoms with E-state index >= 15 is 0 Å². The molecule has 2 fully saturated rings. The third kappa shape index (κ3) is 4.05. The molecule has 0 bridgehead atoms. The second-order valence-corrected chi connectivity index (χ2v) is 6.74. The largest absolute Gasteiger partial charge is 0.381 e. The van der Waals surface area contributed by atoms with Crippen molar-refractivity contribution in [1.82, 2.24) is 5.32 Å². The fourth-order valence-corrected chi connectivity index (χ4v) is 4.05. The molecular weight excluding hydrogens is 286 g/mol. The lowest BCUT2D eigenvalue weighted by atomic mass is 9.79. The highest BCUT2D eigenvalue weighted by molar-refractivity contribution is 7.07. The number of rotatable bonds is 4. The van der Waals surface area contributed by atoms with Crippen LogP contribution in [0.2, 0.25) is 0 Å². The molecule has 5 heteroatoms. The van der Waals surface area contributed by atoms with Gasteiger partial charge in [-0.2, -0.15) is 11.3 Å². The summed E-state index contributed by atoms with van der Waals surface area (Å²) in [6, 6.07) is 2.28. The third-order valence-electron chi connectivity index (χ3n) is 4.56. The van der Waals surface area contributed by atoms with Crippen molar-refractivity contribution in [2.24, 2.45) is 11.8 Å². The van der Waals surface area contributed by atoms with Crippen molar-refractivity contribution in [3.05, 3.63) is 22.4 Å². The molecule has 0 radical (unpaired) electrons. The lowest BCUT2D eigenvalue weighted by Crippen LogP contribution is -2.49. The molecule has 4 nitrogen and oxygen atoms in total. The van der Waals surface area contributed by atoms with Gasteiger partial charge in [-0.05, 0) is 47.6 Å². The van der Waals surface area contributed by atoms with Crippen LogP contribution in [0.25, 0.3) is 0 Å². The van der Waals surface area contributed by atoms with Crippen LogP contribution >= 0.6 is 11.3 Å². The Morgan fingerprint density at radius 1 is 1.24 bits per heavy atom. The Morgan fingerprint density at radius 2 is 2.05 bits per heavy atom. The monoisotopic (exact) mass is 309 g/mol. The maximum absolute atomic E-state index is 12.2. The van der Waals surface area contributed by atoms with Crippen molar-refractivity contribution in [2.45, 2.75) is 31.7 Å². The summed E-state index contributed by atoms with van der Waals surface area (Å²) < 4.78 is 11.1. The number of hydrogen-bond acceptors (Lipinski definition) is 4. The maximum atomic E-state index is 12.2. The van der Waals surface area contributed by atoms with E-state index in [1.54, 1.807) is 11.3 Å². The van der Waals surface area contributed by atoms with E-state index < -0.39 is 0 Å². The van der Waals surface area contributed by atoms with Crippen molar-refractivity contribution in [1.29, 1.82) is 0 Å². The average Bonchev–Trinajstić information content (AvgIpc) is 3.01. The molecule has 2 aliphatic heterocycles. The Kier molecular flexibility index (Phi) is 5.27. The van der Waals surface area contributed by atoms with E-state index in [-0.39, 0.29) is 11.9 Å². The lowest BCUT2D eigenvalue weighted by Gasteiger charge is -2.39. The van der Waals surface area contributed by atoms with Crippen molar-refractivity contribution in [3.63, 3.8) is 0 Å². The third-order valence-corrected chi connectivity index (χ3v) is 5.29. The molecule has 0 spiro atoms. The summed E-state index contributed by atoms with van der Waals surface area (Å²) >= 11 is 1.64. The van der Waals surface area contributed by atoms with Gasteiger partial charge in [-0.1, -0.05) is 0 Å². The second kappa shape index (κ2) is 7.38. The molecule has 0 aliphatic carbocycles. The van der Waals surface area contributed by atoms with Gasteiger partial charge in [-0.15, -0.1) is 0 Å². The first-order valence-electron chi connectivity index (χ1n) is 7.79. The van der Waals surface area contributed by atoms with Crippen molar-refractivity contribution in [3.8, 4) is 0 Å². The summed E-state index contributed by atoms with van der Waals surface area (Å²) in [7, 11) is 0. The van der Waals surface area contributed by atoms with Crippen LogP contribution in [0.5, 0.6) is 0 Å². The van der Waals surface area contributed by atoms with Gasteiger partial charge in [0.1, 0.15) is 0 Å². The molecule has 2 atom stereocenters. The van der Waals surface area contributed by atoms with Gasteiger partial charge in [-0.3, -0.25) is 4.79 Å². The maximum Gasteiger partial charge on any atom is 0.224 e. The minimum atomic E-state index is 0.136. The van der Waals surface area contributed by atoms with Crippen LogP contribution < -0.4 is 5.32 Å². The number of amides is 1. The highest BCUT2D eigenvalue weighted by atomic mass is 32.1. The summed E-state index contributed by atoms with van der Waals surface area (Å²) in [6.45, 7) is 3.21. The highest BCUT2D eigenvalue weighted by Gasteiger charge is 2.34. The zero-order valence-electron chi connectivity index (χ0n) is 12.3. The number of nitrogens with one attached hydrogen (secondary N) is 1. The summed E-state index contributed by atoms with van der Waals surface area (Å²) in [5.41, 5.74) is 1.10. The van der Waals surface area contributed by atoms with Crippen molar-refractivity contribution < 1.29 is 14.3 Å². The van der Waals surface area contributed by atoms with Crippen LogP contribution in [0, 0.1) is 11.8 Å². The zero-order chi connectivity index (χ0) is 14.5. The molecule has 116 valence electrons. The first-order valence-corrected chi connectivity index (χ1v) is 8.73. The first-order chi connectivity index (χ1) is 10.3. The Balaban J connectivity index is 1.57. The van der Waals surface area contributed by atoms with E-state index in [1.165, 1.54) is 0 Å². The number of thiophene rings is 1. The average molecular weight is 309 g/mol. The van der Waals surface area contributed by atoms with Gasteiger partial charge >= 0.3 is 0 Å². The molecule has 2 saturated heterocycles. The van der Waals surface area contributed by atoms with Crippen LogP contribution in [0.3, 0.4) is 0 Å². The quantitative estimate of drug-likeness (QED) is 0.928. The van der Waals surface area contributed by atoms with Gasteiger partial charge in [0.25, 0.3) is 0 Å². The number of carbonyl (C=O) groups excluding carboxylic acids is 1. The minimum absolute atomic E-state index is 0.136. The molecule has 3 heterocycles. The Bertz CT molecular complexity index is 442. The summed E-state index contributed by atoms with van der Waals surface area (Å²) in [6.07, 6.45) is 3.59. The summed E-state index contributed by atoms with van der Waals surface area (Å²) in [5.74, 6) is 1.19. The molecule has 1 amide bonds. The molecule has 1 aromatic heterocycles. The van der Waals surface area contributed by atoms with Crippen molar-refractivity contribution >= 4 is 17.2 Å². The molecule has 21 heavy (non-hydrogen) atoms. The molecule has 3 rings (SSSR count). The fraction of sp³-hybridized carbons (Fsp3) is 0.688. The first kappa shape index (κ1) is 15.0. The van der Waals surface area contributed by atoms with E-state index in [0.29, 0.717) is 18.3 Å². The van der Waals surface area contributed by atoms with Gasteiger partial charge in [0.2, 0.25) is 5.91 Å². The smallest absolute Gasteiger partial charge is 0.224 e. The predicted octanol–water partition coefficient (Wildman–Crippen LogP) is 2.24. The lowest BCUT2D eigenvalue weighted by molar-refractivity contribution is -0.123. The number of carbonyl (C=O) groups is 1. The molecular formula is C16H23NO3S. The van der Waals surface area contributed by atoms with E-state index in [2.05, 4.69) is 5.32 Å². The SMILES string of the molecule is O=C(Cc1ccsc1)N[C@@H]1CCOC[C@@H]1C1CCOCC1. The zero-order valence-corrected chi connectivity index (χ0v) is 13.1. The summed E-state index contributed by atoms with van der Waals surface area (Å²) in [5, 5.41) is 7.31. The fourth-order valence-electron chi connectivity index (χ4n) is 3.38. The van der Waals surface area contributed by atoms with Crippen LogP contribution in [-0.4, -0.2) is 38.4 Å². The predicted molar refractivity (Wildman–Crippen MR) is 82.4 cm³/mol. The van der Waals surface area contributed by atoms with Gasteiger partial charge in [0.05, 0.1) is 13.0 Å². The standard InChI is InChI=1S/C16H23NO3S/c18-16(9-12-4-8-21-11-12)17-15-3-7-20-10-14(15)13-1-5-19-6-2-13/h4,8,11,13-15H,1-3,5-7,9-10H2,(H,17,18)/t14-,15-/m1/s1. The summed E-state index contributed by atoms with van der Waals surface area (Å²) in [4.78, 5) is 12.2. The second-order valence-electron chi connectivity index (χ2n) is 5.96. The van der Waals surface area contributed by atoms with E-state index in [4.69, 9.17) is 9.47 Å². The Hall–Kier alpha value is -0.910. The Morgan fingerprint density at radius 3 is 2.81 bits per heavy atom. The highest BCUT2D eigenvalue weighted by Crippen LogP contribution is 2.30.